The maximum absolute atomic E-state index is 5.04. The minimum absolute atomic E-state index is 0.677. The molecule has 0 saturated carbocycles. The summed E-state index contributed by atoms with van der Waals surface area (Å²) < 4.78 is 5.04. The van der Waals surface area contributed by atoms with Crippen molar-refractivity contribution >= 4 is 16.5 Å². The standard InChI is InChI=1S/C3H6BOSi/c1-2-4-6-5-3-1/h1-3H2. The molecular formula is C3H6BOSi. The van der Waals surface area contributed by atoms with Gasteiger partial charge in [-0.25, -0.2) is 0 Å². The van der Waals surface area contributed by atoms with Gasteiger partial charge in [-0.1, -0.05) is 6.32 Å². The van der Waals surface area contributed by atoms with Crippen LogP contribution in [0.4, 0.5) is 0 Å². The second kappa shape index (κ2) is 2.42. The average molecular weight is 97.0 g/mol. The van der Waals surface area contributed by atoms with Crippen LogP contribution in [0.15, 0.2) is 0 Å². The summed E-state index contributed by atoms with van der Waals surface area (Å²) in [7, 11) is 0.677. The van der Waals surface area contributed by atoms with Gasteiger partial charge in [-0.15, -0.1) is 0 Å². The zero-order valence-electron chi connectivity index (χ0n) is 3.61. The Hall–Kier alpha value is 0.242. The molecule has 0 atom stereocenters. The Labute approximate surface area is 41.2 Å². The molecule has 0 bridgehead atoms. The van der Waals surface area contributed by atoms with Gasteiger partial charge in [0.2, 0.25) is 0 Å². The molecule has 0 amide bonds. The van der Waals surface area contributed by atoms with Crippen molar-refractivity contribution in [1.29, 1.82) is 0 Å². The minimum Gasteiger partial charge on any atom is -0.428 e. The van der Waals surface area contributed by atoms with Gasteiger partial charge < -0.3 is 4.43 Å². The molecule has 1 aliphatic rings. The predicted molar refractivity (Wildman–Crippen MR) is 26.9 cm³/mol. The smallest absolute Gasteiger partial charge is 0.175 e. The van der Waals surface area contributed by atoms with Crippen LogP contribution in [0.25, 0.3) is 0 Å². The Kier molecular flexibility index (Phi) is 1.78. The zero-order chi connectivity index (χ0) is 4.24. The molecule has 0 N–H and O–H groups in total. The molecule has 1 aliphatic heterocycles. The fourth-order valence-corrected chi connectivity index (χ4v) is 1.14. The summed E-state index contributed by atoms with van der Waals surface area (Å²) in [5.74, 6) is 0. The number of hydrogen-bond acceptors (Lipinski definition) is 1. The highest BCUT2D eigenvalue weighted by atomic mass is 28.2. The molecule has 0 aromatic heterocycles. The van der Waals surface area contributed by atoms with Gasteiger partial charge in [-0.3, -0.25) is 0 Å². The van der Waals surface area contributed by atoms with E-state index in [1.807, 2.05) is 0 Å². The van der Waals surface area contributed by atoms with Gasteiger partial charge in [-0.05, 0) is 6.42 Å². The second-order valence-corrected chi connectivity index (χ2v) is 2.25. The summed E-state index contributed by atoms with van der Waals surface area (Å²) in [5, 5.41) is 0. The first kappa shape index (κ1) is 4.40. The summed E-state index contributed by atoms with van der Waals surface area (Å²) in [6.07, 6.45) is 2.49. The molecule has 3 radical (unpaired) electrons. The third kappa shape index (κ3) is 1.14. The fourth-order valence-electron chi connectivity index (χ4n) is 0.434. The van der Waals surface area contributed by atoms with E-state index in [0.29, 0.717) is 9.63 Å². The first-order valence-corrected chi connectivity index (χ1v) is 3.18. The molecule has 0 spiro atoms. The lowest BCUT2D eigenvalue weighted by molar-refractivity contribution is 0.337. The third-order valence-corrected chi connectivity index (χ3v) is 1.59. The number of hydrogen-bond donors (Lipinski definition) is 0. The van der Waals surface area contributed by atoms with Crippen LogP contribution in [0.5, 0.6) is 0 Å². The van der Waals surface area contributed by atoms with Crippen LogP contribution in [0.3, 0.4) is 0 Å². The first-order valence-electron chi connectivity index (χ1n) is 2.19. The molecule has 31 valence electrons. The summed E-state index contributed by atoms with van der Waals surface area (Å²) in [6, 6.07) is 0. The van der Waals surface area contributed by atoms with Crippen LogP contribution >= 0.6 is 0 Å². The predicted octanol–water partition coefficient (Wildman–Crippen LogP) is 0.0634. The zero-order valence-corrected chi connectivity index (χ0v) is 4.61. The van der Waals surface area contributed by atoms with E-state index in [0.717, 1.165) is 6.61 Å². The lowest BCUT2D eigenvalue weighted by Crippen LogP contribution is -2.15. The highest BCUT2D eigenvalue weighted by Crippen LogP contribution is 1.93. The van der Waals surface area contributed by atoms with Gasteiger partial charge in [0, 0.05) is 6.61 Å². The quantitative estimate of drug-likeness (QED) is 0.388. The van der Waals surface area contributed by atoms with Gasteiger partial charge in [-0.2, -0.15) is 0 Å². The summed E-state index contributed by atoms with van der Waals surface area (Å²) >= 11 is 0. The van der Waals surface area contributed by atoms with Crippen LogP contribution in [0, 0.1) is 0 Å². The lowest BCUT2D eigenvalue weighted by atomic mass is 10.0. The lowest BCUT2D eigenvalue weighted by Gasteiger charge is -2.05. The highest BCUT2D eigenvalue weighted by molar-refractivity contribution is 6.97. The molecule has 0 aromatic carbocycles. The molecule has 1 saturated heterocycles. The maximum atomic E-state index is 5.04. The first-order chi connectivity index (χ1) is 3.00. The topological polar surface area (TPSA) is 9.23 Å². The monoisotopic (exact) mass is 97.0 g/mol. The van der Waals surface area contributed by atoms with Crippen molar-refractivity contribution in [3.8, 4) is 0 Å². The van der Waals surface area contributed by atoms with E-state index in [4.69, 9.17) is 4.43 Å². The van der Waals surface area contributed by atoms with E-state index in [9.17, 15) is 0 Å². The Morgan fingerprint density at radius 2 is 2.67 bits per heavy atom. The van der Waals surface area contributed by atoms with Gasteiger partial charge in [0.05, 0.1) is 0 Å². The fraction of sp³-hybridized carbons (Fsp3) is 1.00. The van der Waals surface area contributed by atoms with Gasteiger partial charge >= 0.3 is 0 Å². The van der Waals surface area contributed by atoms with Crippen molar-refractivity contribution in [2.45, 2.75) is 12.7 Å². The molecule has 6 heavy (non-hydrogen) atoms. The second-order valence-electron chi connectivity index (χ2n) is 1.31. The molecule has 0 aliphatic carbocycles. The normalized spacial score (nSPS) is 22.7. The van der Waals surface area contributed by atoms with Crippen molar-refractivity contribution in [2.75, 3.05) is 6.61 Å². The van der Waals surface area contributed by atoms with Crippen LogP contribution in [0.1, 0.15) is 6.42 Å². The highest BCUT2D eigenvalue weighted by Gasteiger charge is 1.99. The van der Waals surface area contributed by atoms with E-state index in [2.05, 4.69) is 6.87 Å². The van der Waals surface area contributed by atoms with E-state index in [-0.39, 0.29) is 0 Å². The molecule has 1 rings (SSSR count). The van der Waals surface area contributed by atoms with Crippen molar-refractivity contribution in [3.63, 3.8) is 0 Å². The Morgan fingerprint density at radius 3 is 2.83 bits per heavy atom. The Balaban J connectivity index is 2.00. The SMILES string of the molecule is [B]1CCCO[Si]1. The molecule has 3 heteroatoms. The van der Waals surface area contributed by atoms with E-state index in [1.165, 1.54) is 12.7 Å². The molecule has 1 heterocycles. The molecule has 0 aromatic rings. The van der Waals surface area contributed by atoms with Crippen molar-refractivity contribution < 1.29 is 4.43 Å². The van der Waals surface area contributed by atoms with Crippen molar-refractivity contribution in [3.05, 3.63) is 0 Å². The molecule has 1 nitrogen and oxygen atoms in total. The molecular weight excluding hydrogens is 90.9 g/mol. The van der Waals surface area contributed by atoms with Gasteiger partial charge in [0.1, 0.15) is 6.87 Å². The van der Waals surface area contributed by atoms with Crippen molar-refractivity contribution in [2.24, 2.45) is 0 Å². The summed E-state index contributed by atoms with van der Waals surface area (Å²) in [5.41, 5.74) is 0. The van der Waals surface area contributed by atoms with E-state index >= 15 is 0 Å². The molecule has 0 unspecified atom stereocenters. The minimum atomic E-state index is 0.677. The van der Waals surface area contributed by atoms with Crippen LogP contribution in [-0.4, -0.2) is 23.1 Å². The van der Waals surface area contributed by atoms with Crippen LogP contribution in [0.2, 0.25) is 6.32 Å². The summed E-state index contributed by atoms with van der Waals surface area (Å²) in [6.45, 7) is 3.18. The van der Waals surface area contributed by atoms with Gasteiger partial charge in [0.15, 0.2) is 9.63 Å². The number of rotatable bonds is 0. The molecule has 1 fully saturated rings. The van der Waals surface area contributed by atoms with Crippen molar-refractivity contribution in [1.82, 2.24) is 0 Å². The summed E-state index contributed by atoms with van der Waals surface area (Å²) in [4.78, 5) is 0. The largest absolute Gasteiger partial charge is 0.428 e. The maximum Gasteiger partial charge on any atom is 0.175 e. The van der Waals surface area contributed by atoms with E-state index < -0.39 is 0 Å². The van der Waals surface area contributed by atoms with Crippen LogP contribution in [-0.2, 0) is 4.43 Å². The third-order valence-electron chi connectivity index (χ3n) is 0.762. The van der Waals surface area contributed by atoms with E-state index in [1.54, 1.807) is 0 Å². The average Bonchev–Trinajstić information content (AvgIpc) is 1.72. The Bertz CT molecular complexity index is 26.3. The van der Waals surface area contributed by atoms with Crippen LogP contribution < -0.4 is 0 Å². The van der Waals surface area contributed by atoms with Gasteiger partial charge in [0.25, 0.3) is 0 Å². The Morgan fingerprint density at radius 1 is 1.67 bits per heavy atom.